The van der Waals surface area contributed by atoms with E-state index in [4.69, 9.17) is 14.2 Å². The Morgan fingerprint density at radius 3 is 2.25 bits per heavy atom. The molecule has 2 aromatic rings. The number of carbonyl (C=O) groups is 1. The Morgan fingerprint density at radius 2 is 1.67 bits per heavy atom. The van der Waals surface area contributed by atoms with E-state index in [-0.39, 0.29) is 5.75 Å². The van der Waals surface area contributed by atoms with Crippen LogP contribution in [0.2, 0.25) is 0 Å². The van der Waals surface area contributed by atoms with Crippen LogP contribution in [0.5, 0.6) is 23.0 Å². The van der Waals surface area contributed by atoms with Gasteiger partial charge < -0.3 is 19.3 Å². The Bertz CT molecular complexity index is 741. The van der Waals surface area contributed by atoms with Crippen molar-refractivity contribution in [3.8, 4) is 23.0 Å². The summed E-state index contributed by atoms with van der Waals surface area (Å²) in [5.41, 5.74) is 3.40. The van der Waals surface area contributed by atoms with E-state index in [1.807, 2.05) is 0 Å². The highest BCUT2D eigenvalue weighted by Crippen LogP contribution is 2.38. The molecule has 126 valence electrons. The van der Waals surface area contributed by atoms with Gasteiger partial charge in [-0.25, -0.2) is 5.43 Å². The molecule has 0 atom stereocenters. The summed E-state index contributed by atoms with van der Waals surface area (Å²) in [5, 5.41) is 13.1. The molecule has 0 heterocycles. The molecule has 7 nitrogen and oxygen atoms in total. The van der Waals surface area contributed by atoms with E-state index in [2.05, 4.69) is 10.5 Å². The fourth-order valence-electron chi connectivity index (χ4n) is 2.06. The molecule has 0 bridgehead atoms. The number of ether oxygens (including phenoxy) is 3. The third kappa shape index (κ3) is 3.75. The van der Waals surface area contributed by atoms with Crippen LogP contribution < -0.4 is 19.6 Å². The summed E-state index contributed by atoms with van der Waals surface area (Å²) < 4.78 is 15.8. The van der Waals surface area contributed by atoms with Crippen LogP contribution in [0.3, 0.4) is 0 Å². The maximum Gasteiger partial charge on any atom is 0.271 e. The van der Waals surface area contributed by atoms with Crippen molar-refractivity contribution in [3.63, 3.8) is 0 Å². The lowest BCUT2D eigenvalue weighted by molar-refractivity contribution is 0.0955. The second-order valence-electron chi connectivity index (χ2n) is 4.67. The molecule has 0 spiro atoms. The van der Waals surface area contributed by atoms with Gasteiger partial charge in [-0.05, 0) is 36.4 Å². The normalized spacial score (nSPS) is 10.5. The van der Waals surface area contributed by atoms with E-state index in [1.54, 1.807) is 12.1 Å². The summed E-state index contributed by atoms with van der Waals surface area (Å²) in [7, 11) is 4.54. The Labute approximate surface area is 139 Å². The average Bonchev–Trinajstić information content (AvgIpc) is 2.61. The van der Waals surface area contributed by atoms with Crippen molar-refractivity contribution < 1.29 is 24.1 Å². The van der Waals surface area contributed by atoms with Gasteiger partial charge in [0.25, 0.3) is 5.91 Å². The lowest BCUT2D eigenvalue weighted by atomic mass is 10.2. The molecule has 0 unspecified atom stereocenters. The largest absolute Gasteiger partial charge is 0.508 e. The van der Waals surface area contributed by atoms with Gasteiger partial charge in [0.05, 0.1) is 27.5 Å². The molecule has 0 saturated carbocycles. The second kappa shape index (κ2) is 7.87. The van der Waals surface area contributed by atoms with E-state index in [0.29, 0.717) is 28.4 Å². The zero-order valence-electron chi connectivity index (χ0n) is 13.6. The van der Waals surface area contributed by atoms with E-state index in [1.165, 1.54) is 51.8 Å². The standard InChI is InChI=1S/C17H18N2O5/c1-22-14-9-6-12(15(23-2)16(14)24-3)10-18-19-17(21)11-4-7-13(20)8-5-11/h4-10,20H,1-3H3,(H,19,21)/b18-10+. The first kappa shape index (κ1) is 17.1. The van der Waals surface area contributed by atoms with Crippen molar-refractivity contribution in [2.75, 3.05) is 21.3 Å². The lowest BCUT2D eigenvalue weighted by Crippen LogP contribution is -2.17. The maximum absolute atomic E-state index is 11.9. The van der Waals surface area contributed by atoms with Crippen LogP contribution in [0.25, 0.3) is 0 Å². The molecule has 24 heavy (non-hydrogen) atoms. The number of rotatable bonds is 6. The zero-order valence-corrected chi connectivity index (χ0v) is 13.6. The molecule has 0 aromatic heterocycles. The fraction of sp³-hybridized carbons (Fsp3) is 0.176. The minimum Gasteiger partial charge on any atom is -0.508 e. The molecule has 2 rings (SSSR count). The van der Waals surface area contributed by atoms with E-state index in [9.17, 15) is 9.90 Å². The summed E-state index contributed by atoms with van der Waals surface area (Å²) in [4.78, 5) is 11.9. The predicted molar refractivity (Wildman–Crippen MR) is 89.3 cm³/mol. The number of phenolic OH excluding ortho intramolecular Hbond substituents is 1. The molecule has 0 radical (unpaired) electrons. The molecule has 0 aliphatic rings. The summed E-state index contributed by atoms with van der Waals surface area (Å²) in [6.45, 7) is 0. The first-order valence-corrected chi connectivity index (χ1v) is 7.02. The maximum atomic E-state index is 11.9. The predicted octanol–water partition coefficient (Wildman–Crippen LogP) is 2.18. The molecular formula is C17H18N2O5. The number of hydrazone groups is 1. The van der Waals surface area contributed by atoms with Crippen molar-refractivity contribution in [1.82, 2.24) is 5.43 Å². The molecule has 0 aliphatic carbocycles. The number of nitrogens with one attached hydrogen (secondary N) is 1. The van der Waals surface area contributed by atoms with Gasteiger partial charge in [0, 0.05) is 11.1 Å². The number of hydrogen-bond acceptors (Lipinski definition) is 6. The second-order valence-corrected chi connectivity index (χ2v) is 4.67. The SMILES string of the molecule is COc1ccc(/C=N/NC(=O)c2ccc(O)cc2)c(OC)c1OC. The molecule has 2 aromatic carbocycles. The van der Waals surface area contributed by atoms with Crippen molar-refractivity contribution in [1.29, 1.82) is 0 Å². The highest BCUT2D eigenvalue weighted by Gasteiger charge is 2.14. The van der Waals surface area contributed by atoms with Crippen LogP contribution in [0.1, 0.15) is 15.9 Å². The highest BCUT2D eigenvalue weighted by molar-refractivity contribution is 5.95. The molecular weight excluding hydrogens is 312 g/mol. The van der Waals surface area contributed by atoms with Crippen LogP contribution in [0.15, 0.2) is 41.5 Å². The van der Waals surface area contributed by atoms with Crippen molar-refractivity contribution in [2.45, 2.75) is 0 Å². The van der Waals surface area contributed by atoms with Gasteiger partial charge in [0.1, 0.15) is 5.75 Å². The van der Waals surface area contributed by atoms with Crippen LogP contribution in [0, 0.1) is 0 Å². The number of nitrogens with zero attached hydrogens (tertiary/aromatic N) is 1. The summed E-state index contributed by atoms with van der Waals surface area (Å²) in [6, 6.07) is 9.29. The minimum absolute atomic E-state index is 0.0881. The number of amides is 1. The summed E-state index contributed by atoms with van der Waals surface area (Å²) in [6.07, 6.45) is 1.44. The third-order valence-corrected chi connectivity index (χ3v) is 3.23. The Kier molecular flexibility index (Phi) is 5.62. The number of carbonyl (C=O) groups excluding carboxylic acids is 1. The lowest BCUT2D eigenvalue weighted by Gasteiger charge is -2.13. The van der Waals surface area contributed by atoms with Crippen LogP contribution in [-0.2, 0) is 0 Å². The van der Waals surface area contributed by atoms with Crippen molar-refractivity contribution in [2.24, 2.45) is 5.10 Å². The van der Waals surface area contributed by atoms with Crippen molar-refractivity contribution >= 4 is 12.1 Å². The molecule has 0 fully saturated rings. The Balaban J connectivity index is 2.17. The van der Waals surface area contributed by atoms with Gasteiger partial charge in [-0.15, -0.1) is 0 Å². The summed E-state index contributed by atoms with van der Waals surface area (Å²) >= 11 is 0. The average molecular weight is 330 g/mol. The number of phenols is 1. The molecule has 0 aliphatic heterocycles. The van der Waals surface area contributed by atoms with E-state index >= 15 is 0 Å². The molecule has 1 amide bonds. The van der Waals surface area contributed by atoms with E-state index < -0.39 is 5.91 Å². The quantitative estimate of drug-likeness (QED) is 0.626. The third-order valence-electron chi connectivity index (χ3n) is 3.23. The number of benzene rings is 2. The van der Waals surface area contributed by atoms with Crippen LogP contribution >= 0.6 is 0 Å². The summed E-state index contributed by atoms with van der Waals surface area (Å²) in [5.74, 6) is 1.10. The van der Waals surface area contributed by atoms with Gasteiger partial charge in [-0.1, -0.05) is 0 Å². The molecule has 0 saturated heterocycles. The van der Waals surface area contributed by atoms with Crippen LogP contribution in [-0.4, -0.2) is 38.6 Å². The molecule has 7 heteroatoms. The van der Waals surface area contributed by atoms with Gasteiger partial charge >= 0.3 is 0 Å². The van der Waals surface area contributed by atoms with Gasteiger partial charge in [-0.3, -0.25) is 4.79 Å². The first-order chi connectivity index (χ1) is 11.6. The number of methoxy groups -OCH3 is 3. The fourth-order valence-corrected chi connectivity index (χ4v) is 2.06. The highest BCUT2D eigenvalue weighted by atomic mass is 16.5. The van der Waals surface area contributed by atoms with Gasteiger partial charge in [0.15, 0.2) is 11.5 Å². The Morgan fingerprint density at radius 1 is 1.00 bits per heavy atom. The van der Waals surface area contributed by atoms with Gasteiger partial charge in [0.2, 0.25) is 5.75 Å². The van der Waals surface area contributed by atoms with E-state index in [0.717, 1.165) is 0 Å². The Hall–Kier alpha value is -3.22. The number of hydrogen-bond donors (Lipinski definition) is 2. The molecule has 2 N–H and O–H groups in total. The minimum atomic E-state index is -0.398. The van der Waals surface area contributed by atoms with Crippen molar-refractivity contribution in [3.05, 3.63) is 47.5 Å². The van der Waals surface area contributed by atoms with Crippen LogP contribution in [0.4, 0.5) is 0 Å². The topological polar surface area (TPSA) is 89.4 Å². The zero-order chi connectivity index (χ0) is 17.5. The monoisotopic (exact) mass is 330 g/mol. The number of aromatic hydroxyl groups is 1. The first-order valence-electron chi connectivity index (χ1n) is 7.02. The smallest absolute Gasteiger partial charge is 0.271 e. The van der Waals surface area contributed by atoms with Gasteiger partial charge in [-0.2, -0.15) is 5.10 Å².